The van der Waals surface area contributed by atoms with Gasteiger partial charge in [0.1, 0.15) is 0 Å². The lowest BCUT2D eigenvalue weighted by atomic mass is 9.78. The van der Waals surface area contributed by atoms with Crippen LogP contribution in [0.1, 0.15) is 20.3 Å². The van der Waals surface area contributed by atoms with Crippen molar-refractivity contribution in [3.63, 3.8) is 0 Å². The van der Waals surface area contributed by atoms with E-state index in [-0.39, 0.29) is 11.4 Å². The number of rotatable bonds is 4. The Kier molecular flexibility index (Phi) is 3.89. The van der Waals surface area contributed by atoms with Crippen LogP contribution >= 0.6 is 0 Å². The summed E-state index contributed by atoms with van der Waals surface area (Å²) in [5.41, 5.74) is 5.14. The Morgan fingerprint density at radius 1 is 1.71 bits per heavy atom. The minimum absolute atomic E-state index is 0.0940. The number of nitrogens with one attached hydrogen (secondary N) is 1. The molecule has 14 heavy (non-hydrogen) atoms. The van der Waals surface area contributed by atoms with Crippen molar-refractivity contribution in [3.8, 4) is 0 Å². The smallest absolute Gasteiger partial charge is 0.313 e. The Morgan fingerprint density at radius 2 is 2.43 bits per heavy atom. The molecular weight excluding hydrogens is 180 g/mol. The van der Waals surface area contributed by atoms with Gasteiger partial charge in [-0.3, -0.25) is 4.79 Å². The molecule has 1 heterocycles. The lowest BCUT2D eigenvalue weighted by Gasteiger charge is -2.27. The molecule has 82 valence electrons. The molecule has 0 aromatic rings. The summed E-state index contributed by atoms with van der Waals surface area (Å²) >= 11 is 0. The van der Waals surface area contributed by atoms with E-state index in [1.165, 1.54) is 0 Å². The van der Waals surface area contributed by atoms with Gasteiger partial charge in [0.2, 0.25) is 0 Å². The maximum atomic E-state index is 11.7. The molecule has 4 heteroatoms. The van der Waals surface area contributed by atoms with Crippen LogP contribution in [0.15, 0.2) is 0 Å². The molecule has 2 atom stereocenters. The van der Waals surface area contributed by atoms with Gasteiger partial charge in [-0.05, 0) is 39.3 Å². The highest BCUT2D eigenvalue weighted by Crippen LogP contribution is 2.34. The zero-order valence-corrected chi connectivity index (χ0v) is 9.01. The Morgan fingerprint density at radius 3 is 3.00 bits per heavy atom. The SMILES string of the molecule is CCOC(=O)C1(C)CNCC1CCN. The van der Waals surface area contributed by atoms with Gasteiger partial charge in [0.05, 0.1) is 12.0 Å². The van der Waals surface area contributed by atoms with Crippen LogP contribution in [0.2, 0.25) is 0 Å². The summed E-state index contributed by atoms with van der Waals surface area (Å²) in [4.78, 5) is 11.7. The van der Waals surface area contributed by atoms with Crippen LogP contribution in [-0.2, 0) is 9.53 Å². The van der Waals surface area contributed by atoms with Crippen molar-refractivity contribution < 1.29 is 9.53 Å². The second-order valence-corrected chi connectivity index (χ2v) is 4.04. The average molecular weight is 200 g/mol. The zero-order chi connectivity index (χ0) is 10.6. The fraction of sp³-hybridized carbons (Fsp3) is 0.900. The minimum Gasteiger partial charge on any atom is -0.466 e. The molecule has 1 saturated heterocycles. The number of nitrogens with two attached hydrogens (primary N) is 1. The van der Waals surface area contributed by atoms with E-state index < -0.39 is 0 Å². The van der Waals surface area contributed by atoms with Gasteiger partial charge >= 0.3 is 5.97 Å². The number of ether oxygens (including phenoxy) is 1. The molecule has 0 radical (unpaired) electrons. The number of hydrogen-bond acceptors (Lipinski definition) is 4. The predicted molar refractivity (Wildman–Crippen MR) is 54.8 cm³/mol. The fourth-order valence-electron chi connectivity index (χ4n) is 2.03. The van der Waals surface area contributed by atoms with Crippen LogP contribution < -0.4 is 11.1 Å². The number of hydrogen-bond donors (Lipinski definition) is 2. The van der Waals surface area contributed by atoms with Crippen LogP contribution in [0.5, 0.6) is 0 Å². The summed E-state index contributed by atoms with van der Waals surface area (Å²) in [6, 6.07) is 0. The van der Waals surface area contributed by atoms with E-state index in [1.807, 2.05) is 13.8 Å². The molecule has 0 saturated carbocycles. The third-order valence-electron chi connectivity index (χ3n) is 3.04. The van der Waals surface area contributed by atoms with Crippen LogP contribution in [0.25, 0.3) is 0 Å². The maximum absolute atomic E-state index is 11.7. The molecule has 1 fully saturated rings. The van der Waals surface area contributed by atoms with E-state index in [9.17, 15) is 4.79 Å². The third kappa shape index (κ3) is 2.07. The second-order valence-electron chi connectivity index (χ2n) is 4.04. The highest BCUT2D eigenvalue weighted by atomic mass is 16.5. The van der Waals surface area contributed by atoms with Crippen molar-refractivity contribution in [3.05, 3.63) is 0 Å². The third-order valence-corrected chi connectivity index (χ3v) is 3.04. The molecule has 0 spiro atoms. The molecule has 2 unspecified atom stereocenters. The van der Waals surface area contributed by atoms with Gasteiger partial charge in [-0.1, -0.05) is 0 Å². The topological polar surface area (TPSA) is 64.3 Å². The van der Waals surface area contributed by atoms with E-state index in [4.69, 9.17) is 10.5 Å². The van der Waals surface area contributed by atoms with Gasteiger partial charge in [0, 0.05) is 6.54 Å². The Hall–Kier alpha value is -0.610. The summed E-state index contributed by atoms with van der Waals surface area (Å²) in [5.74, 6) is 0.218. The number of esters is 1. The average Bonchev–Trinajstić information content (AvgIpc) is 2.51. The van der Waals surface area contributed by atoms with Gasteiger partial charge in [-0.15, -0.1) is 0 Å². The first-order chi connectivity index (χ1) is 6.65. The lowest BCUT2D eigenvalue weighted by Crippen LogP contribution is -2.38. The van der Waals surface area contributed by atoms with Crippen molar-refractivity contribution in [2.45, 2.75) is 20.3 Å². The number of carbonyl (C=O) groups excluding carboxylic acids is 1. The first-order valence-electron chi connectivity index (χ1n) is 5.23. The quantitative estimate of drug-likeness (QED) is 0.633. The summed E-state index contributed by atoms with van der Waals surface area (Å²) < 4.78 is 5.09. The summed E-state index contributed by atoms with van der Waals surface area (Å²) in [5, 5.41) is 3.23. The van der Waals surface area contributed by atoms with Crippen molar-refractivity contribution in [1.82, 2.24) is 5.32 Å². The molecule has 0 aromatic heterocycles. The zero-order valence-electron chi connectivity index (χ0n) is 9.01. The van der Waals surface area contributed by atoms with Crippen molar-refractivity contribution in [1.29, 1.82) is 0 Å². The van der Waals surface area contributed by atoms with Crippen molar-refractivity contribution in [2.75, 3.05) is 26.2 Å². The molecule has 3 N–H and O–H groups in total. The highest BCUT2D eigenvalue weighted by molar-refractivity contribution is 5.77. The first kappa shape index (κ1) is 11.5. The predicted octanol–water partition coefficient (Wildman–Crippen LogP) is 0.124. The monoisotopic (exact) mass is 200 g/mol. The Bertz CT molecular complexity index is 208. The molecule has 1 rings (SSSR count). The van der Waals surface area contributed by atoms with Crippen molar-refractivity contribution >= 4 is 5.97 Å². The minimum atomic E-state index is -0.380. The van der Waals surface area contributed by atoms with Crippen LogP contribution in [0, 0.1) is 11.3 Å². The summed E-state index contributed by atoms with van der Waals surface area (Å²) in [6.45, 7) is 6.45. The second kappa shape index (κ2) is 4.75. The van der Waals surface area contributed by atoms with Crippen LogP contribution in [0.4, 0.5) is 0 Å². The van der Waals surface area contributed by atoms with E-state index in [2.05, 4.69) is 5.32 Å². The highest BCUT2D eigenvalue weighted by Gasteiger charge is 2.45. The fourth-order valence-corrected chi connectivity index (χ4v) is 2.03. The summed E-state index contributed by atoms with van der Waals surface area (Å²) in [7, 11) is 0. The normalized spacial score (nSPS) is 31.8. The molecule has 4 nitrogen and oxygen atoms in total. The molecular formula is C10H20N2O2. The van der Waals surface area contributed by atoms with Crippen LogP contribution in [0.3, 0.4) is 0 Å². The van der Waals surface area contributed by atoms with E-state index in [0.717, 1.165) is 13.0 Å². The van der Waals surface area contributed by atoms with Gasteiger partial charge in [0.25, 0.3) is 0 Å². The molecule has 1 aliphatic rings. The van der Waals surface area contributed by atoms with Gasteiger partial charge in [-0.2, -0.15) is 0 Å². The number of carbonyl (C=O) groups is 1. The summed E-state index contributed by atoms with van der Waals surface area (Å²) in [6.07, 6.45) is 0.877. The molecule has 0 amide bonds. The lowest BCUT2D eigenvalue weighted by molar-refractivity contribution is -0.155. The Labute approximate surface area is 85.2 Å². The van der Waals surface area contributed by atoms with Gasteiger partial charge < -0.3 is 15.8 Å². The molecule has 0 bridgehead atoms. The molecule has 1 aliphatic heterocycles. The largest absolute Gasteiger partial charge is 0.466 e. The maximum Gasteiger partial charge on any atom is 0.313 e. The van der Waals surface area contributed by atoms with E-state index >= 15 is 0 Å². The first-order valence-corrected chi connectivity index (χ1v) is 5.23. The van der Waals surface area contributed by atoms with Gasteiger partial charge in [0.15, 0.2) is 0 Å². The van der Waals surface area contributed by atoms with Gasteiger partial charge in [-0.25, -0.2) is 0 Å². The molecule has 0 aliphatic carbocycles. The van der Waals surface area contributed by atoms with Crippen LogP contribution in [-0.4, -0.2) is 32.2 Å². The van der Waals surface area contributed by atoms with E-state index in [0.29, 0.717) is 25.6 Å². The van der Waals surface area contributed by atoms with Crippen molar-refractivity contribution in [2.24, 2.45) is 17.1 Å². The van der Waals surface area contributed by atoms with E-state index in [1.54, 1.807) is 0 Å². The molecule has 0 aromatic carbocycles. The Balaban J connectivity index is 2.65. The standard InChI is InChI=1S/C10H20N2O2/c1-3-14-9(13)10(2)7-12-6-8(10)4-5-11/h8,12H,3-7,11H2,1-2H3.